The SMILES string of the molecule is CN[C@H](CO)CONC(=O)c1cc(Cl)c(F)c(F)c1Nc1ccc(I)cc1F. The average molecular weight is 530 g/mol. The summed E-state index contributed by atoms with van der Waals surface area (Å²) in [5, 5.41) is 13.6. The van der Waals surface area contributed by atoms with Gasteiger partial charge in [-0.1, -0.05) is 11.6 Å². The molecule has 152 valence electrons. The van der Waals surface area contributed by atoms with E-state index < -0.39 is 45.7 Å². The minimum absolute atomic E-state index is 0.0926. The number of likely N-dealkylation sites (N-methyl/N-ethyl adjacent to an activating group) is 1. The molecule has 0 spiro atoms. The Morgan fingerprint density at radius 2 is 2.00 bits per heavy atom. The molecule has 0 aliphatic carbocycles. The fraction of sp³-hybridized carbons (Fsp3) is 0.235. The van der Waals surface area contributed by atoms with Crippen molar-refractivity contribution in [2.75, 3.05) is 25.6 Å². The Balaban J connectivity index is 2.31. The summed E-state index contributed by atoms with van der Waals surface area (Å²) in [4.78, 5) is 17.3. The number of anilines is 2. The van der Waals surface area contributed by atoms with Crippen molar-refractivity contribution in [1.29, 1.82) is 0 Å². The van der Waals surface area contributed by atoms with Gasteiger partial charge < -0.3 is 15.7 Å². The fourth-order valence-electron chi connectivity index (χ4n) is 2.11. The zero-order valence-electron chi connectivity index (χ0n) is 14.5. The van der Waals surface area contributed by atoms with Gasteiger partial charge in [-0.2, -0.15) is 0 Å². The predicted molar refractivity (Wildman–Crippen MR) is 107 cm³/mol. The van der Waals surface area contributed by atoms with Gasteiger partial charge >= 0.3 is 0 Å². The third kappa shape index (κ3) is 5.47. The molecule has 2 rings (SSSR count). The molecule has 1 atom stereocenters. The third-order valence-corrected chi connectivity index (χ3v) is 4.62. The van der Waals surface area contributed by atoms with Gasteiger partial charge in [-0.3, -0.25) is 9.63 Å². The van der Waals surface area contributed by atoms with E-state index in [0.29, 0.717) is 3.57 Å². The minimum Gasteiger partial charge on any atom is -0.395 e. The molecule has 0 aromatic heterocycles. The molecule has 0 bridgehead atoms. The minimum atomic E-state index is -1.45. The maximum absolute atomic E-state index is 14.4. The fourth-order valence-corrected chi connectivity index (χ4v) is 2.76. The standard InChI is InChI=1S/C17H16ClF3IN3O3/c1-23-9(6-26)7-28-25-17(27)10-5-11(18)14(20)15(21)16(10)24-13-3-2-8(22)4-12(13)19/h2-5,9,23-24,26H,6-7H2,1H3,(H,25,27)/t9-/m1/s1. The third-order valence-electron chi connectivity index (χ3n) is 3.68. The lowest BCUT2D eigenvalue weighted by Gasteiger charge is -2.16. The van der Waals surface area contributed by atoms with Crippen LogP contribution in [0.1, 0.15) is 10.4 Å². The molecule has 2 aromatic rings. The van der Waals surface area contributed by atoms with Gasteiger partial charge in [0.05, 0.1) is 41.2 Å². The van der Waals surface area contributed by atoms with Gasteiger partial charge in [0, 0.05) is 3.57 Å². The molecule has 0 saturated carbocycles. The number of hydrogen-bond donors (Lipinski definition) is 4. The molecule has 1 amide bonds. The van der Waals surface area contributed by atoms with Gasteiger partial charge in [0.1, 0.15) is 5.82 Å². The first kappa shape index (κ1) is 22.7. The van der Waals surface area contributed by atoms with Crippen LogP contribution in [0.15, 0.2) is 24.3 Å². The Morgan fingerprint density at radius 1 is 1.29 bits per heavy atom. The van der Waals surface area contributed by atoms with Crippen LogP contribution in [0.5, 0.6) is 0 Å². The summed E-state index contributed by atoms with van der Waals surface area (Å²) in [6, 6.07) is 4.49. The number of aliphatic hydroxyl groups is 1. The van der Waals surface area contributed by atoms with Crippen molar-refractivity contribution in [2.24, 2.45) is 0 Å². The molecular formula is C17H16ClF3IN3O3. The number of hydroxylamine groups is 1. The van der Waals surface area contributed by atoms with Gasteiger partial charge in [-0.05, 0) is 53.9 Å². The second kappa shape index (κ2) is 10.3. The number of rotatable bonds is 8. The Hall–Kier alpha value is -1.60. The molecule has 0 fully saturated rings. The lowest BCUT2D eigenvalue weighted by atomic mass is 10.1. The lowest BCUT2D eigenvalue weighted by Crippen LogP contribution is -2.37. The first-order chi connectivity index (χ1) is 13.3. The van der Waals surface area contributed by atoms with E-state index in [-0.39, 0.29) is 18.9 Å². The van der Waals surface area contributed by atoms with Crippen LogP contribution >= 0.6 is 34.2 Å². The zero-order valence-corrected chi connectivity index (χ0v) is 17.4. The topological polar surface area (TPSA) is 82.6 Å². The smallest absolute Gasteiger partial charge is 0.277 e. The molecule has 6 nitrogen and oxygen atoms in total. The van der Waals surface area contributed by atoms with Crippen LogP contribution in [-0.4, -0.2) is 37.3 Å². The molecule has 0 radical (unpaired) electrons. The molecule has 4 N–H and O–H groups in total. The van der Waals surface area contributed by atoms with E-state index in [1.807, 2.05) is 28.1 Å². The number of benzene rings is 2. The molecule has 0 unspecified atom stereocenters. The van der Waals surface area contributed by atoms with E-state index in [4.69, 9.17) is 21.5 Å². The van der Waals surface area contributed by atoms with Gasteiger partial charge in [-0.15, -0.1) is 0 Å². The van der Waals surface area contributed by atoms with E-state index in [9.17, 15) is 18.0 Å². The summed E-state index contributed by atoms with van der Waals surface area (Å²) in [6.07, 6.45) is 0. The number of hydrogen-bond acceptors (Lipinski definition) is 5. The number of halogens is 5. The molecule has 11 heteroatoms. The van der Waals surface area contributed by atoms with E-state index in [1.54, 1.807) is 13.1 Å². The van der Waals surface area contributed by atoms with Gasteiger partial charge in [-0.25, -0.2) is 18.7 Å². The normalized spacial score (nSPS) is 12.0. The number of amides is 1. The lowest BCUT2D eigenvalue weighted by molar-refractivity contribution is 0.0164. The Morgan fingerprint density at radius 3 is 2.61 bits per heavy atom. The van der Waals surface area contributed by atoms with Crippen LogP contribution in [0.3, 0.4) is 0 Å². The average Bonchev–Trinajstić information content (AvgIpc) is 2.67. The molecule has 28 heavy (non-hydrogen) atoms. The molecule has 0 aliphatic rings. The summed E-state index contributed by atoms with van der Waals surface area (Å²) < 4.78 is 43.0. The highest BCUT2D eigenvalue weighted by Crippen LogP contribution is 2.32. The number of carbonyl (C=O) groups excluding carboxylic acids is 1. The number of nitrogens with one attached hydrogen (secondary N) is 3. The summed E-state index contributed by atoms with van der Waals surface area (Å²) in [6.45, 7) is -0.340. The Labute approximate surface area is 177 Å². The summed E-state index contributed by atoms with van der Waals surface area (Å²) in [5.74, 6) is -4.49. The first-order valence-corrected chi connectivity index (χ1v) is 9.34. The van der Waals surface area contributed by atoms with Crippen LogP contribution in [0, 0.1) is 21.0 Å². The van der Waals surface area contributed by atoms with Crippen molar-refractivity contribution in [3.8, 4) is 0 Å². The van der Waals surface area contributed by atoms with Gasteiger partial charge in [0.15, 0.2) is 11.6 Å². The molecular weight excluding hydrogens is 514 g/mol. The number of aliphatic hydroxyl groups excluding tert-OH is 1. The van der Waals surface area contributed by atoms with Crippen molar-refractivity contribution >= 4 is 51.5 Å². The highest BCUT2D eigenvalue weighted by molar-refractivity contribution is 14.1. The Bertz CT molecular complexity index is 869. The summed E-state index contributed by atoms with van der Waals surface area (Å²) in [7, 11) is 1.58. The van der Waals surface area contributed by atoms with Crippen LogP contribution in [0.2, 0.25) is 5.02 Å². The van der Waals surface area contributed by atoms with Crippen molar-refractivity contribution in [3.63, 3.8) is 0 Å². The van der Waals surface area contributed by atoms with Crippen molar-refractivity contribution in [1.82, 2.24) is 10.8 Å². The van der Waals surface area contributed by atoms with Crippen LogP contribution in [-0.2, 0) is 4.84 Å². The van der Waals surface area contributed by atoms with Crippen LogP contribution in [0.25, 0.3) is 0 Å². The van der Waals surface area contributed by atoms with Crippen molar-refractivity contribution in [2.45, 2.75) is 6.04 Å². The molecule has 2 aromatic carbocycles. The maximum atomic E-state index is 14.4. The van der Waals surface area contributed by atoms with Gasteiger partial charge in [0.2, 0.25) is 0 Å². The number of carbonyl (C=O) groups is 1. The largest absolute Gasteiger partial charge is 0.395 e. The van der Waals surface area contributed by atoms with Gasteiger partial charge in [0.25, 0.3) is 5.91 Å². The highest BCUT2D eigenvalue weighted by Gasteiger charge is 2.23. The van der Waals surface area contributed by atoms with E-state index in [0.717, 1.165) is 6.07 Å². The quantitative estimate of drug-likeness (QED) is 0.240. The van der Waals surface area contributed by atoms with E-state index in [1.165, 1.54) is 12.1 Å². The summed E-state index contributed by atoms with van der Waals surface area (Å²) in [5.41, 5.74) is 0.891. The second-order valence-corrected chi connectivity index (χ2v) is 7.22. The Kier molecular flexibility index (Phi) is 8.31. The summed E-state index contributed by atoms with van der Waals surface area (Å²) >= 11 is 7.53. The second-order valence-electron chi connectivity index (χ2n) is 5.57. The monoisotopic (exact) mass is 529 g/mol. The highest BCUT2D eigenvalue weighted by atomic mass is 127. The van der Waals surface area contributed by atoms with Crippen molar-refractivity contribution < 1.29 is 27.9 Å². The molecule has 0 aliphatic heterocycles. The molecule has 0 heterocycles. The molecule has 0 saturated heterocycles. The van der Waals surface area contributed by atoms with Crippen molar-refractivity contribution in [3.05, 3.63) is 55.9 Å². The van der Waals surface area contributed by atoms with E-state index >= 15 is 0 Å². The predicted octanol–water partition coefficient (Wildman–Crippen LogP) is 3.35. The first-order valence-electron chi connectivity index (χ1n) is 7.88. The van der Waals surface area contributed by atoms with E-state index in [2.05, 4.69) is 10.6 Å². The zero-order chi connectivity index (χ0) is 20.8. The van der Waals surface area contributed by atoms with Crippen LogP contribution < -0.4 is 16.1 Å². The maximum Gasteiger partial charge on any atom is 0.277 e. The van der Waals surface area contributed by atoms with Crippen LogP contribution in [0.4, 0.5) is 24.5 Å².